The number of aliphatic hydroxyl groups excluding tert-OH is 1. The maximum Gasteiger partial charge on any atom is 0.472 e. The summed E-state index contributed by atoms with van der Waals surface area (Å²) in [5, 5.41) is 10.7. The van der Waals surface area contributed by atoms with Crippen molar-refractivity contribution in [1.82, 2.24) is 0 Å². The van der Waals surface area contributed by atoms with E-state index in [2.05, 4.69) is 41.5 Å². The highest BCUT2D eigenvalue weighted by Crippen LogP contribution is 2.45. The molecule has 0 amide bonds. The van der Waals surface area contributed by atoms with Crippen LogP contribution in [0, 0.1) is 11.8 Å². The molecule has 17 nitrogen and oxygen atoms in total. The van der Waals surface area contributed by atoms with E-state index < -0.39 is 97.5 Å². The Kier molecular flexibility index (Phi) is 78.8. The third kappa shape index (κ3) is 80.7. The molecule has 0 saturated carbocycles. The molecular weight excluding hydrogens is 1400 g/mol. The highest BCUT2D eigenvalue weighted by Gasteiger charge is 2.31. The minimum absolute atomic E-state index is 0.108. The summed E-state index contributed by atoms with van der Waals surface area (Å²) < 4.78 is 69.0. The van der Waals surface area contributed by atoms with Crippen LogP contribution in [0.15, 0.2) is 0 Å². The Labute approximate surface area is 664 Å². The summed E-state index contributed by atoms with van der Waals surface area (Å²) >= 11 is 0. The van der Waals surface area contributed by atoms with Gasteiger partial charge in [-0.05, 0) is 37.5 Å². The number of unbranched alkanes of at least 4 members (excludes halogenated alkanes) is 57. The number of esters is 4. The molecule has 642 valence electrons. The van der Waals surface area contributed by atoms with Crippen molar-refractivity contribution in [2.45, 2.75) is 496 Å². The maximum atomic E-state index is 13.2. The Bertz CT molecular complexity index is 2070. The number of phosphoric ester groups is 2. The van der Waals surface area contributed by atoms with E-state index in [4.69, 9.17) is 37.0 Å². The number of phosphoric acid groups is 2. The quantitative estimate of drug-likeness (QED) is 0.0222. The number of hydrogen-bond acceptors (Lipinski definition) is 15. The summed E-state index contributed by atoms with van der Waals surface area (Å²) in [5.74, 6) is -0.440. The van der Waals surface area contributed by atoms with Crippen LogP contribution in [-0.4, -0.2) is 96.7 Å². The number of aliphatic hydroxyl groups is 1. The molecule has 0 heterocycles. The molecule has 3 unspecified atom stereocenters. The molecule has 3 N–H and O–H groups in total. The molecule has 0 bridgehead atoms. The van der Waals surface area contributed by atoms with Crippen LogP contribution in [0.1, 0.15) is 478 Å². The first kappa shape index (κ1) is 106. The van der Waals surface area contributed by atoms with Gasteiger partial charge in [0, 0.05) is 25.7 Å². The zero-order valence-corrected chi connectivity index (χ0v) is 73.0. The second-order valence-electron chi connectivity index (χ2n) is 32.7. The molecule has 108 heavy (non-hydrogen) atoms. The minimum Gasteiger partial charge on any atom is -0.462 e. The average molecular weight is 1580 g/mol. The smallest absolute Gasteiger partial charge is 0.462 e. The summed E-state index contributed by atoms with van der Waals surface area (Å²) in [6, 6.07) is 0. The van der Waals surface area contributed by atoms with E-state index >= 15 is 0 Å². The first-order chi connectivity index (χ1) is 52.4. The van der Waals surface area contributed by atoms with Crippen molar-refractivity contribution in [1.29, 1.82) is 0 Å². The summed E-state index contributed by atoms with van der Waals surface area (Å²) in [6.45, 7) is 9.77. The van der Waals surface area contributed by atoms with Gasteiger partial charge in [0.15, 0.2) is 12.2 Å². The summed E-state index contributed by atoms with van der Waals surface area (Å²) in [5.41, 5.74) is 0. The molecular formula is C89H174O17P2. The van der Waals surface area contributed by atoms with E-state index in [-0.39, 0.29) is 25.7 Å². The van der Waals surface area contributed by atoms with Crippen LogP contribution in [0.4, 0.5) is 0 Å². The number of carbonyl (C=O) groups excluding carboxylic acids is 4. The molecule has 0 aromatic carbocycles. The average Bonchev–Trinajstić information content (AvgIpc) is 0.898. The van der Waals surface area contributed by atoms with Crippen LogP contribution in [0.2, 0.25) is 0 Å². The van der Waals surface area contributed by atoms with Crippen molar-refractivity contribution in [2.24, 2.45) is 11.8 Å². The van der Waals surface area contributed by atoms with Crippen LogP contribution in [0.25, 0.3) is 0 Å². The molecule has 19 heteroatoms. The van der Waals surface area contributed by atoms with Gasteiger partial charge < -0.3 is 33.8 Å². The standard InChI is InChI=1S/C89H174O17P2/c1-7-10-12-14-16-18-20-21-22-23-24-25-26-27-32-38-43-49-55-61-67-73-88(93)106-85(78-100-87(92)72-66-60-54-48-42-37-31-29-28-30-35-40-45-51-57-63-69-81(4)5)80-104-108(97,98)102-76-83(90)75-101-107(95,96)103-79-84(77-99-86(91)71-65-59-53-47-19-17-15-13-11-8-2)105-89(94)74-68-62-56-50-44-39-34-33-36-41-46-52-58-64-70-82(6)9-3/h81-85,90H,7-80H2,1-6H3,(H,95,96)(H,97,98)/t82?,83-,84+,85+/m0/s1. The van der Waals surface area contributed by atoms with Crippen LogP contribution >= 0.6 is 15.6 Å². The zero-order valence-electron chi connectivity index (χ0n) is 71.2. The topological polar surface area (TPSA) is 237 Å². The molecule has 6 atom stereocenters. The number of hydrogen-bond donors (Lipinski definition) is 3. The van der Waals surface area contributed by atoms with Gasteiger partial charge in [-0.25, -0.2) is 9.13 Å². The van der Waals surface area contributed by atoms with Crippen LogP contribution in [0.5, 0.6) is 0 Å². The van der Waals surface area contributed by atoms with Crippen molar-refractivity contribution in [2.75, 3.05) is 39.6 Å². The Morgan fingerprint density at radius 2 is 0.472 bits per heavy atom. The predicted octanol–water partition coefficient (Wildman–Crippen LogP) is 27.4. The number of rotatable bonds is 88. The highest BCUT2D eigenvalue weighted by atomic mass is 31.2. The third-order valence-electron chi connectivity index (χ3n) is 21.3. The van der Waals surface area contributed by atoms with E-state index in [1.54, 1.807) is 0 Å². The molecule has 0 aromatic rings. The second-order valence-corrected chi connectivity index (χ2v) is 35.6. The third-order valence-corrected chi connectivity index (χ3v) is 23.2. The van der Waals surface area contributed by atoms with Crippen LogP contribution < -0.4 is 0 Å². The number of carbonyl (C=O) groups is 4. The van der Waals surface area contributed by atoms with E-state index in [9.17, 15) is 43.2 Å². The summed E-state index contributed by atoms with van der Waals surface area (Å²) in [6.07, 6.45) is 73.6. The van der Waals surface area contributed by atoms with E-state index in [0.29, 0.717) is 25.7 Å². The zero-order chi connectivity index (χ0) is 79.2. The Hall–Kier alpha value is -1.94. The Balaban J connectivity index is 5.22. The van der Waals surface area contributed by atoms with Gasteiger partial charge in [0.05, 0.1) is 26.4 Å². The first-order valence-corrected chi connectivity index (χ1v) is 49.0. The van der Waals surface area contributed by atoms with E-state index in [1.807, 2.05) is 0 Å². The Morgan fingerprint density at radius 3 is 0.704 bits per heavy atom. The molecule has 0 aliphatic heterocycles. The van der Waals surface area contributed by atoms with E-state index in [1.165, 1.54) is 295 Å². The van der Waals surface area contributed by atoms with Gasteiger partial charge in [-0.3, -0.25) is 37.3 Å². The van der Waals surface area contributed by atoms with Gasteiger partial charge in [-0.15, -0.1) is 0 Å². The molecule has 0 saturated heterocycles. The van der Waals surface area contributed by atoms with Crippen molar-refractivity contribution in [3.8, 4) is 0 Å². The van der Waals surface area contributed by atoms with Gasteiger partial charge >= 0.3 is 39.5 Å². The monoisotopic (exact) mass is 1580 g/mol. The fraction of sp³-hybridized carbons (Fsp3) is 0.955. The molecule has 0 fully saturated rings. The molecule has 0 aliphatic carbocycles. The van der Waals surface area contributed by atoms with Gasteiger partial charge in [-0.1, -0.05) is 427 Å². The predicted molar refractivity (Wildman–Crippen MR) is 446 cm³/mol. The fourth-order valence-electron chi connectivity index (χ4n) is 13.9. The minimum atomic E-state index is -4.97. The fourth-order valence-corrected chi connectivity index (χ4v) is 15.5. The molecule has 0 spiro atoms. The molecule has 0 radical (unpaired) electrons. The lowest BCUT2D eigenvalue weighted by molar-refractivity contribution is -0.161. The van der Waals surface area contributed by atoms with Crippen molar-refractivity contribution < 1.29 is 80.2 Å². The van der Waals surface area contributed by atoms with E-state index in [0.717, 1.165) is 102 Å². The lowest BCUT2D eigenvalue weighted by atomic mass is 9.99. The van der Waals surface area contributed by atoms with Crippen molar-refractivity contribution in [3.63, 3.8) is 0 Å². The number of ether oxygens (including phenoxy) is 4. The second kappa shape index (κ2) is 80.3. The maximum absolute atomic E-state index is 13.2. The van der Waals surface area contributed by atoms with Gasteiger partial charge in [0.1, 0.15) is 19.3 Å². The lowest BCUT2D eigenvalue weighted by Crippen LogP contribution is -2.30. The molecule has 0 aliphatic rings. The molecule has 0 rings (SSSR count). The summed E-state index contributed by atoms with van der Waals surface area (Å²) in [7, 11) is -9.93. The van der Waals surface area contributed by atoms with Gasteiger partial charge in [0.2, 0.25) is 0 Å². The van der Waals surface area contributed by atoms with Crippen molar-refractivity contribution in [3.05, 3.63) is 0 Å². The van der Waals surface area contributed by atoms with Crippen molar-refractivity contribution >= 4 is 39.5 Å². The van der Waals surface area contributed by atoms with Crippen LogP contribution in [-0.2, 0) is 65.4 Å². The summed E-state index contributed by atoms with van der Waals surface area (Å²) in [4.78, 5) is 73.3. The van der Waals surface area contributed by atoms with Gasteiger partial charge in [-0.2, -0.15) is 0 Å². The highest BCUT2D eigenvalue weighted by molar-refractivity contribution is 7.47. The first-order valence-electron chi connectivity index (χ1n) is 46.0. The van der Waals surface area contributed by atoms with Gasteiger partial charge in [0.25, 0.3) is 0 Å². The SMILES string of the molecule is CCCCCCCCCCCCCCCCCCCCCCCC(=O)O[C@H](COC(=O)CCCCCCCCCCCCCCCCCCC(C)C)COP(=O)(O)OC[C@@H](O)COP(=O)(O)OC[C@@H](COC(=O)CCCCCCCCCCCC)OC(=O)CCCCCCCCCCCCCCCCC(C)CC. The lowest BCUT2D eigenvalue weighted by Gasteiger charge is -2.21. The molecule has 0 aromatic heterocycles. The largest absolute Gasteiger partial charge is 0.472 e. The Morgan fingerprint density at radius 1 is 0.269 bits per heavy atom. The van der Waals surface area contributed by atoms with Crippen LogP contribution in [0.3, 0.4) is 0 Å². The normalized spacial score (nSPS) is 14.0.